The number of aryl methyl sites for hydroxylation is 1. The van der Waals surface area contributed by atoms with Crippen molar-refractivity contribution < 1.29 is 0 Å². The van der Waals surface area contributed by atoms with Crippen molar-refractivity contribution in [3.05, 3.63) is 52.7 Å². The van der Waals surface area contributed by atoms with Gasteiger partial charge in [-0.05, 0) is 42.8 Å². The van der Waals surface area contributed by atoms with Crippen LogP contribution in [-0.2, 0) is 0 Å². The van der Waals surface area contributed by atoms with Crippen LogP contribution < -0.4 is 5.01 Å². The molecule has 2 nitrogen and oxygen atoms in total. The van der Waals surface area contributed by atoms with Gasteiger partial charge in [0.2, 0.25) is 0 Å². The number of allylic oxidation sites excluding steroid dienone is 3. The molecule has 0 unspecified atom stereocenters. The minimum Gasteiger partial charge on any atom is -0.241 e. The second-order valence-electron chi connectivity index (χ2n) is 3.27. The Morgan fingerprint density at radius 2 is 2.07 bits per heavy atom. The van der Waals surface area contributed by atoms with Crippen molar-refractivity contribution in [2.45, 2.75) is 6.92 Å². The molecule has 0 saturated heterocycles. The molecule has 0 amide bonds. The van der Waals surface area contributed by atoms with Crippen LogP contribution in [0.4, 0.5) is 5.69 Å². The van der Waals surface area contributed by atoms with Gasteiger partial charge in [0.25, 0.3) is 0 Å². The van der Waals surface area contributed by atoms with Crippen LogP contribution in [0.15, 0.2) is 52.2 Å². The van der Waals surface area contributed by atoms with Gasteiger partial charge in [0, 0.05) is 16.9 Å². The van der Waals surface area contributed by atoms with Gasteiger partial charge in [0.1, 0.15) is 0 Å². The molecule has 0 bridgehead atoms. The fourth-order valence-electron chi connectivity index (χ4n) is 1.32. The molecule has 0 N–H and O–H groups in total. The molecule has 2 rings (SSSR count). The van der Waals surface area contributed by atoms with Crippen LogP contribution in [0, 0.1) is 6.92 Å². The highest BCUT2D eigenvalue weighted by molar-refractivity contribution is 9.10. The van der Waals surface area contributed by atoms with Crippen LogP contribution in [0.5, 0.6) is 0 Å². The lowest BCUT2D eigenvalue weighted by atomic mass is 10.2. The standard InChI is InChI=1S/C12H11BrN2/c1-10-9-11(5-6-12(10)13)15-8-4-2-3-7-14-15/h2-9H,1H3. The van der Waals surface area contributed by atoms with E-state index in [1.165, 1.54) is 5.56 Å². The number of nitrogens with zero attached hydrogens (tertiary/aromatic N) is 2. The van der Waals surface area contributed by atoms with Gasteiger partial charge in [-0.3, -0.25) is 0 Å². The molecule has 0 aromatic heterocycles. The highest BCUT2D eigenvalue weighted by atomic mass is 79.9. The van der Waals surface area contributed by atoms with E-state index < -0.39 is 0 Å². The first-order chi connectivity index (χ1) is 7.27. The summed E-state index contributed by atoms with van der Waals surface area (Å²) >= 11 is 3.48. The Morgan fingerprint density at radius 1 is 1.20 bits per heavy atom. The Balaban J connectivity index is 2.33. The summed E-state index contributed by atoms with van der Waals surface area (Å²) in [5.74, 6) is 0. The SMILES string of the molecule is Cc1cc(N2C=CC=CC=N2)ccc1Br. The number of anilines is 1. The normalized spacial score (nSPS) is 14.4. The molecule has 3 heteroatoms. The molecule has 0 radical (unpaired) electrons. The van der Waals surface area contributed by atoms with Gasteiger partial charge in [-0.25, -0.2) is 5.01 Å². The molecule has 15 heavy (non-hydrogen) atoms. The van der Waals surface area contributed by atoms with E-state index in [0.717, 1.165) is 10.2 Å². The molecule has 0 aliphatic carbocycles. The average Bonchev–Trinajstić information content (AvgIpc) is 2.50. The van der Waals surface area contributed by atoms with Crippen LogP contribution in [0.2, 0.25) is 0 Å². The molecule has 76 valence electrons. The molecule has 1 aromatic rings. The Morgan fingerprint density at radius 3 is 2.87 bits per heavy atom. The Kier molecular flexibility index (Phi) is 3.02. The van der Waals surface area contributed by atoms with E-state index in [9.17, 15) is 0 Å². The molecule has 1 aliphatic rings. The van der Waals surface area contributed by atoms with Crippen molar-refractivity contribution in [1.82, 2.24) is 0 Å². The largest absolute Gasteiger partial charge is 0.241 e. The fourth-order valence-corrected chi connectivity index (χ4v) is 1.56. The summed E-state index contributed by atoms with van der Waals surface area (Å²) in [6.45, 7) is 2.07. The number of benzene rings is 1. The molecule has 1 aromatic carbocycles. The first kappa shape index (κ1) is 10.2. The van der Waals surface area contributed by atoms with E-state index >= 15 is 0 Å². The zero-order valence-electron chi connectivity index (χ0n) is 8.39. The monoisotopic (exact) mass is 262 g/mol. The zero-order chi connectivity index (χ0) is 10.7. The van der Waals surface area contributed by atoms with Gasteiger partial charge < -0.3 is 0 Å². The van der Waals surface area contributed by atoms with Crippen LogP contribution >= 0.6 is 15.9 Å². The second kappa shape index (κ2) is 4.45. The lowest BCUT2D eigenvalue weighted by Crippen LogP contribution is -2.06. The summed E-state index contributed by atoms with van der Waals surface area (Å²) in [4.78, 5) is 0. The van der Waals surface area contributed by atoms with Gasteiger partial charge in [-0.15, -0.1) is 0 Å². The van der Waals surface area contributed by atoms with Crippen LogP contribution in [-0.4, -0.2) is 6.21 Å². The van der Waals surface area contributed by atoms with Gasteiger partial charge in [0.05, 0.1) is 5.69 Å². The Bertz CT molecular complexity index is 431. The van der Waals surface area contributed by atoms with Gasteiger partial charge in [0.15, 0.2) is 0 Å². The Labute approximate surface area is 97.7 Å². The van der Waals surface area contributed by atoms with Crippen molar-refractivity contribution in [3.63, 3.8) is 0 Å². The lowest BCUT2D eigenvalue weighted by molar-refractivity contribution is 1.08. The van der Waals surface area contributed by atoms with Crippen molar-refractivity contribution >= 4 is 27.8 Å². The second-order valence-corrected chi connectivity index (χ2v) is 4.12. The molecular formula is C12H11BrN2. The molecule has 0 saturated carbocycles. The summed E-state index contributed by atoms with van der Waals surface area (Å²) < 4.78 is 1.12. The van der Waals surface area contributed by atoms with Gasteiger partial charge >= 0.3 is 0 Å². The van der Waals surface area contributed by atoms with E-state index in [0.29, 0.717) is 0 Å². The van der Waals surface area contributed by atoms with E-state index in [4.69, 9.17) is 0 Å². The topological polar surface area (TPSA) is 15.6 Å². The smallest absolute Gasteiger partial charge is 0.0648 e. The van der Waals surface area contributed by atoms with Crippen molar-refractivity contribution in [2.75, 3.05) is 5.01 Å². The summed E-state index contributed by atoms with van der Waals surface area (Å²) in [5, 5.41) is 6.13. The Hall–Kier alpha value is -1.35. The third-order valence-electron chi connectivity index (χ3n) is 2.13. The summed E-state index contributed by atoms with van der Waals surface area (Å²) in [6.07, 6.45) is 9.53. The van der Waals surface area contributed by atoms with E-state index in [-0.39, 0.29) is 0 Å². The summed E-state index contributed by atoms with van der Waals surface area (Å²) in [7, 11) is 0. The van der Waals surface area contributed by atoms with Crippen molar-refractivity contribution in [1.29, 1.82) is 0 Å². The third-order valence-corrected chi connectivity index (χ3v) is 3.02. The first-order valence-corrected chi connectivity index (χ1v) is 5.49. The maximum atomic E-state index is 4.28. The molecule has 1 heterocycles. The van der Waals surface area contributed by atoms with Gasteiger partial charge in [-0.1, -0.05) is 22.0 Å². The molecule has 0 atom stereocenters. The lowest BCUT2D eigenvalue weighted by Gasteiger charge is -2.14. The predicted molar refractivity (Wildman–Crippen MR) is 68.1 cm³/mol. The fraction of sp³-hybridized carbons (Fsp3) is 0.0833. The minimum atomic E-state index is 1.06. The minimum absolute atomic E-state index is 1.06. The number of halogens is 1. The van der Waals surface area contributed by atoms with Crippen molar-refractivity contribution in [2.24, 2.45) is 5.10 Å². The van der Waals surface area contributed by atoms with Crippen molar-refractivity contribution in [3.8, 4) is 0 Å². The molecule has 1 aliphatic heterocycles. The summed E-state index contributed by atoms with van der Waals surface area (Å²) in [5.41, 5.74) is 2.26. The maximum Gasteiger partial charge on any atom is 0.0648 e. The van der Waals surface area contributed by atoms with Crippen LogP contribution in [0.3, 0.4) is 0 Å². The highest BCUT2D eigenvalue weighted by Crippen LogP contribution is 2.23. The highest BCUT2D eigenvalue weighted by Gasteiger charge is 2.03. The predicted octanol–water partition coefficient (Wildman–Crippen LogP) is 3.63. The number of hydrazone groups is 1. The molecule has 0 fully saturated rings. The molecular weight excluding hydrogens is 252 g/mol. The first-order valence-electron chi connectivity index (χ1n) is 4.70. The zero-order valence-corrected chi connectivity index (χ0v) is 9.98. The quantitative estimate of drug-likeness (QED) is 0.755. The number of hydrogen-bond acceptors (Lipinski definition) is 2. The average molecular weight is 263 g/mol. The van der Waals surface area contributed by atoms with Crippen LogP contribution in [0.1, 0.15) is 5.56 Å². The number of rotatable bonds is 1. The van der Waals surface area contributed by atoms with E-state index in [1.807, 2.05) is 41.6 Å². The van der Waals surface area contributed by atoms with Crippen LogP contribution in [0.25, 0.3) is 0 Å². The number of hydrogen-bond donors (Lipinski definition) is 0. The van der Waals surface area contributed by atoms with Gasteiger partial charge in [-0.2, -0.15) is 5.10 Å². The third kappa shape index (κ3) is 2.36. The summed E-state index contributed by atoms with van der Waals surface area (Å²) in [6, 6.07) is 6.16. The van der Waals surface area contributed by atoms with E-state index in [1.54, 1.807) is 6.21 Å². The van der Waals surface area contributed by atoms with E-state index in [2.05, 4.69) is 34.0 Å². The molecule has 0 spiro atoms. The maximum absolute atomic E-state index is 4.28.